The van der Waals surface area contributed by atoms with Crippen LogP contribution in [0.1, 0.15) is 36.3 Å². The summed E-state index contributed by atoms with van der Waals surface area (Å²) < 4.78 is 13.3. The Morgan fingerprint density at radius 3 is 2.27 bits per heavy atom. The monoisotopic (exact) mass is 600 g/mol. The van der Waals surface area contributed by atoms with Crippen LogP contribution in [0.5, 0.6) is 0 Å². The van der Waals surface area contributed by atoms with E-state index in [0.717, 1.165) is 95.5 Å². The standard InChI is InChI=1S/C30H41ClN6OS2/c1-33(2)28-8-10-29(11-9-28)39-35-16-3-14-34(24-30-32-13-21-38-30)15-4-18-36(19-5-17-35)40-37-20-12-25-22-27(31)7-6-26(25)23-37/h6-11,13,21-22H,3-5,12,14-20,23-24H2,1-2H3. The molecule has 0 amide bonds. The van der Waals surface area contributed by atoms with Gasteiger partial charge in [-0.3, -0.25) is 4.90 Å². The van der Waals surface area contributed by atoms with Gasteiger partial charge in [0, 0.05) is 81.1 Å². The van der Waals surface area contributed by atoms with Gasteiger partial charge < -0.3 is 9.32 Å². The molecule has 0 spiro atoms. The van der Waals surface area contributed by atoms with Gasteiger partial charge in [-0.05, 0) is 98.2 Å². The second-order valence-electron chi connectivity index (χ2n) is 10.7. The number of oxazole rings is 1. The number of aromatic nitrogens is 1. The fourth-order valence-electron chi connectivity index (χ4n) is 5.24. The first kappa shape index (κ1) is 29.8. The molecule has 1 saturated heterocycles. The summed E-state index contributed by atoms with van der Waals surface area (Å²) in [4.78, 5) is 10.3. The second-order valence-corrected chi connectivity index (χ2v) is 13.5. The van der Waals surface area contributed by atoms with Gasteiger partial charge in [-0.25, -0.2) is 17.9 Å². The van der Waals surface area contributed by atoms with Crippen LogP contribution in [0.25, 0.3) is 0 Å². The van der Waals surface area contributed by atoms with Crippen LogP contribution in [0.15, 0.2) is 64.2 Å². The molecule has 2 aliphatic heterocycles. The maximum atomic E-state index is 6.25. The van der Waals surface area contributed by atoms with E-state index in [2.05, 4.69) is 78.2 Å². The summed E-state index contributed by atoms with van der Waals surface area (Å²) in [5, 5.41) is 0.841. The highest BCUT2D eigenvalue weighted by atomic mass is 35.5. The number of hydrogen-bond donors (Lipinski definition) is 0. The number of halogens is 1. The van der Waals surface area contributed by atoms with Crippen LogP contribution in [-0.2, 0) is 19.5 Å². The Balaban J connectivity index is 1.23. The average Bonchev–Trinajstić information content (AvgIpc) is 3.45. The minimum atomic E-state index is 0.769. The zero-order valence-electron chi connectivity index (χ0n) is 23.7. The maximum Gasteiger partial charge on any atom is 0.208 e. The largest absolute Gasteiger partial charge is 0.448 e. The van der Waals surface area contributed by atoms with E-state index in [1.165, 1.54) is 21.7 Å². The van der Waals surface area contributed by atoms with E-state index in [4.69, 9.17) is 16.0 Å². The Morgan fingerprint density at radius 2 is 1.57 bits per heavy atom. The molecular weight excluding hydrogens is 560 g/mol. The third-order valence-electron chi connectivity index (χ3n) is 7.39. The highest BCUT2D eigenvalue weighted by molar-refractivity contribution is 7.97. The number of anilines is 1. The van der Waals surface area contributed by atoms with Crippen molar-refractivity contribution in [2.75, 3.05) is 64.8 Å². The molecule has 3 aromatic rings. The van der Waals surface area contributed by atoms with Gasteiger partial charge >= 0.3 is 0 Å². The zero-order valence-corrected chi connectivity index (χ0v) is 26.1. The van der Waals surface area contributed by atoms with Crippen molar-refractivity contribution in [3.63, 3.8) is 0 Å². The lowest BCUT2D eigenvalue weighted by atomic mass is 10.0. The van der Waals surface area contributed by atoms with Crippen molar-refractivity contribution in [3.05, 3.63) is 77.0 Å². The first-order valence-corrected chi connectivity index (χ1v) is 16.2. The molecule has 1 aromatic heterocycles. The smallest absolute Gasteiger partial charge is 0.208 e. The second kappa shape index (κ2) is 15.0. The van der Waals surface area contributed by atoms with Gasteiger partial charge in [-0.2, -0.15) is 0 Å². The van der Waals surface area contributed by atoms with Crippen LogP contribution in [0.4, 0.5) is 5.69 Å². The van der Waals surface area contributed by atoms with Crippen molar-refractivity contribution in [2.24, 2.45) is 0 Å². The molecule has 1 fully saturated rings. The van der Waals surface area contributed by atoms with Crippen LogP contribution in [-0.4, -0.2) is 82.7 Å². The van der Waals surface area contributed by atoms with Crippen molar-refractivity contribution >= 4 is 41.4 Å². The van der Waals surface area contributed by atoms with Crippen LogP contribution >= 0.6 is 35.7 Å². The van der Waals surface area contributed by atoms with E-state index < -0.39 is 0 Å². The van der Waals surface area contributed by atoms with E-state index in [1.807, 2.05) is 30.1 Å². The number of benzene rings is 2. The lowest BCUT2D eigenvalue weighted by Gasteiger charge is -2.33. The van der Waals surface area contributed by atoms with E-state index in [0.29, 0.717) is 0 Å². The fraction of sp³-hybridized carbons (Fsp3) is 0.500. The molecule has 216 valence electrons. The number of rotatable bonds is 7. The van der Waals surface area contributed by atoms with Crippen LogP contribution < -0.4 is 4.90 Å². The number of nitrogens with zero attached hydrogens (tertiary/aromatic N) is 6. The molecule has 0 radical (unpaired) electrons. The van der Waals surface area contributed by atoms with Gasteiger partial charge in [0.15, 0.2) is 0 Å². The molecule has 0 unspecified atom stereocenters. The average molecular weight is 601 g/mol. The predicted octanol–water partition coefficient (Wildman–Crippen LogP) is 6.31. The first-order chi connectivity index (χ1) is 19.5. The molecule has 40 heavy (non-hydrogen) atoms. The van der Waals surface area contributed by atoms with E-state index in [1.54, 1.807) is 12.5 Å². The van der Waals surface area contributed by atoms with Gasteiger partial charge in [0.2, 0.25) is 5.89 Å². The molecule has 3 heterocycles. The van der Waals surface area contributed by atoms with Crippen LogP contribution in [0.2, 0.25) is 5.02 Å². The van der Waals surface area contributed by atoms with Gasteiger partial charge in [0.25, 0.3) is 0 Å². The summed E-state index contributed by atoms with van der Waals surface area (Å²) in [6.07, 6.45) is 7.88. The van der Waals surface area contributed by atoms with Gasteiger partial charge in [-0.15, -0.1) is 0 Å². The first-order valence-electron chi connectivity index (χ1n) is 14.3. The van der Waals surface area contributed by atoms with Crippen molar-refractivity contribution in [3.8, 4) is 0 Å². The fourth-order valence-corrected chi connectivity index (χ4v) is 7.55. The highest BCUT2D eigenvalue weighted by Gasteiger charge is 2.21. The lowest BCUT2D eigenvalue weighted by molar-refractivity contribution is 0.216. The zero-order chi connectivity index (χ0) is 27.7. The summed E-state index contributed by atoms with van der Waals surface area (Å²) in [7, 11) is 4.18. The summed E-state index contributed by atoms with van der Waals surface area (Å²) in [6.45, 7) is 9.13. The SMILES string of the molecule is CN(C)c1ccc(SN2CCCN(Cc3ncco3)CCCN(SN3CCc4cc(Cl)ccc4C3)CCC2)cc1. The molecule has 0 N–H and O–H groups in total. The molecule has 2 aliphatic rings. The van der Waals surface area contributed by atoms with Crippen molar-refractivity contribution in [1.82, 2.24) is 22.8 Å². The molecule has 0 bridgehead atoms. The van der Waals surface area contributed by atoms with Crippen LogP contribution in [0.3, 0.4) is 0 Å². The topological polar surface area (TPSA) is 42.2 Å². The minimum Gasteiger partial charge on any atom is -0.448 e. The molecule has 10 heteroatoms. The predicted molar refractivity (Wildman–Crippen MR) is 169 cm³/mol. The quantitative estimate of drug-likeness (QED) is 0.290. The van der Waals surface area contributed by atoms with Crippen LogP contribution in [0, 0.1) is 0 Å². The maximum absolute atomic E-state index is 6.25. The van der Waals surface area contributed by atoms with E-state index >= 15 is 0 Å². The lowest BCUT2D eigenvalue weighted by Crippen LogP contribution is -2.35. The summed E-state index contributed by atoms with van der Waals surface area (Å²) in [6, 6.07) is 15.3. The Hall–Kier alpha value is -1.72. The summed E-state index contributed by atoms with van der Waals surface area (Å²) in [5.41, 5.74) is 4.03. The van der Waals surface area contributed by atoms with Crippen molar-refractivity contribution in [2.45, 2.75) is 43.7 Å². The summed E-state index contributed by atoms with van der Waals surface area (Å²) in [5.74, 6) is 0.803. The molecule has 7 nitrogen and oxygen atoms in total. The van der Waals surface area contributed by atoms with E-state index in [9.17, 15) is 0 Å². The Labute approximate surface area is 253 Å². The Morgan fingerprint density at radius 1 is 0.850 bits per heavy atom. The third kappa shape index (κ3) is 8.89. The van der Waals surface area contributed by atoms with Gasteiger partial charge in [0.05, 0.1) is 12.7 Å². The molecular formula is C30H41ClN6OS2. The van der Waals surface area contributed by atoms with Gasteiger partial charge in [0.1, 0.15) is 6.26 Å². The molecule has 0 atom stereocenters. The molecule has 5 rings (SSSR count). The van der Waals surface area contributed by atoms with Crippen molar-refractivity contribution < 1.29 is 4.42 Å². The highest BCUT2D eigenvalue weighted by Crippen LogP contribution is 2.30. The van der Waals surface area contributed by atoms with E-state index in [-0.39, 0.29) is 0 Å². The molecule has 0 saturated carbocycles. The third-order valence-corrected chi connectivity index (χ3v) is 9.87. The minimum absolute atomic E-state index is 0.769. The summed E-state index contributed by atoms with van der Waals surface area (Å²) >= 11 is 10.1. The van der Waals surface area contributed by atoms with Crippen molar-refractivity contribution in [1.29, 1.82) is 0 Å². The van der Waals surface area contributed by atoms with Gasteiger partial charge in [-0.1, -0.05) is 17.7 Å². The Bertz CT molecular complexity index is 1180. The normalized spacial score (nSPS) is 19.1. The number of hydrogen-bond acceptors (Lipinski definition) is 9. The Kier molecular flexibility index (Phi) is 11.1. The molecule has 0 aliphatic carbocycles. The number of fused-ring (bicyclic) bond motifs is 1. The molecule has 2 aromatic carbocycles.